The summed E-state index contributed by atoms with van der Waals surface area (Å²) in [6.07, 6.45) is 0.853. The summed E-state index contributed by atoms with van der Waals surface area (Å²) >= 11 is 5.87. The predicted molar refractivity (Wildman–Crippen MR) is 85.7 cm³/mol. The van der Waals surface area contributed by atoms with Gasteiger partial charge in [-0.25, -0.2) is 13.1 Å². The van der Waals surface area contributed by atoms with Crippen LogP contribution in [-0.2, 0) is 23.0 Å². The van der Waals surface area contributed by atoms with Gasteiger partial charge < -0.3 is 5.73 Å². The Morgan fingerprint density at radius 3 is 2.43 bits per heavy atom. The van der Waals surface area contributed by atoms with Crippen molar-refractivity contribution in [2.75, 3.05) is 5.73 Å². The summed E-state index contributed by atoms with van der Waals surface area (Å²) in [6, 6.07) is 12.0. The number of hydrogen-bond acceptors (Lipinski definition) is 3. The van der Waals surface area contributed by atoms with Crippen molar-refractivity contribution in [2.24, 2.45) is 0 Å². The van der Waals surface area contributed by atoms with E-state index >= 15 is 0 Å². The van der Waals surface area contributed by atoms with Crippen LogP contribution < -0.4 is 10.5 Å². The molecule has 0 radical (unpaired) electrons. The summed E-state index contributed by atoms with van der Waals surface area (Å²) in [4.78, 5) is 0.107. The number of rotatable bonds is 5. The number of aryl methyl sites for hydroxylation is 1. The highest BCUT2D eigenvalue weighted by Crippen LogP contribution is 2.22. The molecular formula is C15H17ClN2O2S. The van der Waals surface area contributed by atoms with E-state index < -0.39 is 10.0 Å². The summed E-state index contributed by atoms with van der Waals surface area (Å²) in [5, 5.41) is 0.229. The van der Waals surface area contributed by atoms with Gasteiger partial charge in [0.1, 0.15) is 0 Å². The van der Waals surface area contributed by atoms with Gasteiger partial charge in [0.2, 0.25) is 10.0 Å². The third kappa shape index (κ3) is 3.75. The average molecular weight is 325 g/mol. The third-order valence-corrected chi connectivity index (χ3v) is 4.96. The minimum Gasteiger partial charge on any atom is -0.398 e. The van der Waals surface area contributed by atoms with Crippen molar-refractivity contribution in [1.82, 2.24) is 4.72 Å². The van der Waals surface area contributed by atoms with Crippen LogP contribution in [0.4, 0.5) is 5.69 Å². The van der Waals surface area contributed by atoms with Gasteiger partial charge in [0.05, 0.1) is 15.6 Å². The number of halogens is 1. The van der Waals surface area contributed by atoms with Crippen molar-refractivity contribution in [1.29, 1.82) is 0 Å². The number of nitrogens with two attached hydrogens (primary N) is 1. The Bertz CT molecular complexity index is 745. The Balaban J connectivity index is 2.20. The first kappa shape index (κ1) is 15.8. The number of anilines is 1. The SMILES string of the molecule is CCc1ccccc1CNS(=O)(=O)c1ccc(N)c(Cl)c1. The van der Waals surface area contributed by atoms with E-state index in [4.69, 9.17) is 17.3 Å². The van der Waals surface area contributed by atoms with Gasteiger partial charge in [-0.2, -0.15) is 0 Å². The topological polar surface area (TPSA) is 72.2 Å². The summed E-state index contributed by atoms with van der Waals surface area (Å²) in [6.45, 7) is 2.28. The van der Waals surface area contributed by atoms with Gasteiger partial charge in [0, 0.05) is 6.54 Å². The van der Waals surface area contributed by atoms with Crippen LogP contribution in [0.2, 0.25) is 5.02 Å². The zero-order chi connectivity index (χ0) is 15.5. The lowest BCUT2D eigenvalue weighted by atomic mass is 10.1. The number of hydrogen-bond donors (Lipinski definition) is 2. The van der Waals surface area contributed by atoms with Gasteiger partial charge in [-0.05, 0) is 35.7 Å². The second-order valence-electron chi connectivity index (χ2n) is 4.63. The summed E-state index contributed by atoms with van der Waals surface area (Å²) < 4.78 is 27.1. The van der Waals surface area contributed by atoms with Gasteiger partial charge in [0.15, 0.2) is 0 Å². The fraction of sp³-hybridized carbons (Fsp3) is 0.200. The molecule has 0 aliphatic carbocycles. The monoisotopic (exact) mass is 324 g/mol. The first-order chi connectivity index (χ1) is 9.94. The van der Waals surface area contributed by atoms with Crippen molar-refractivity contribution in [3.63, 3.8) is 0 Å². The van der Waals surface area contributed by atoms with E-state index in [0.29, 0.717) is 5.69 Å². The molecule has 0 unspecified atom stereocenters. The third-order valence-electron chi connectivity index (χ3n) is 3.23. The van der Waals surface area contributed by atoms with Crippen LogP contribution in [0.15, 0.2) is 47.4 Å². The molecule has 0 spiro atoms. The van der Waals surface area contributed by atoms with Crippen molar-refractivity contribution < 1.29 is 8.42 Å². The van der Waals surface area contributed by atoms with Crippen LogP contribution in [0.25, 0.3) is 0 Å². The molecule has 21 heavy (non-hydrogen) atoms. The van der Waals surface area contributed by atoms with Gasteiger partial charge in [-0.1, -0.05) is 42.8 Å². The molecule has 0 atom stereocenters. The largest absolute Gasteiger partial charge is 0.398 e. The average Bonchev–Trinajstić information content (AvgIpc) is 2.48. The van der Waals surface area contributed by atoms with Crippen molar-refractivity contribution in [3.8, 4) is 0 Å². The normalized spacial score (nSPS) is 11.5. The first-order valence-corrected chi connectivity index (χ1v) is 8.41. The molecule has 2 aromatic rings. The number of sulfonamides is 1. The van der Waals surface area contributed by atoms with E-state index in [2.05, 4.69) is 4.72 Å². The minimum atomic E-state index is -3.61. The van der Waals surface area contributed by atoms with E-state index in [0.717, 1.165) is 17.5 Å². The molecule has 112 valence electrons. The maximum absolute atomic E-state index is 12.3. The second-order valence-corrected chi connectivity index (χ2v) is 6.80. The maximum atomic E-state index is 12.3. The lowest BCUT2D eigenvalue weighted by Crippen LogP contribution is -2.23. The molecule has 0 fully saturated rings. The van der Waals surface area contributed by atoms with E-state index in [-0.39, 0.29) is 16.5 Å². The molecule has 6 heteroatoms. The molecule has 2 rings (SSSR count). The quantitative estimate of drug-likeness (QED) is 0.830. The van der Waals surface area contributed by atoms with Crippen LogP contribution in [0.3, 0.4) is 0 Å². The van der Waals surface area contributed by atoms with Crippen molar-refractivity contribution in [3.05, 3.63) is 58.6 Å². The molecule has 0 amide bonds. The minimum absolute atomic E-state index is 0.107. The highest BCUT2D eigenvalue weighted by atomic mass is 35.5. The Morgan fingerprint density at radius 1 is 1.14 bits per heavy atom. The molecule has 0 aromatic heterocycles. The van der Waals surface area contributed by atoms with E-state index in [1.165, 1.54) is 18.2 Å². The summed E-state index contributed by atoms with van der Waals surface area (Å²) in [7, 11) is -3.61. The summed E-state index contributed by atoms with van der Waals surface area (Å²) in [5.41, 5.74) is 8.03. The highest BCUT2D eigenvalue weighted by Gasteiger charge is 2.15. The molecule has 0 aliphatic rings. The Hall–Kier alpha value is -1.56. The van der Waals surface area contributed by atoms with Crippen LogP contribution in [-0.4, -0.2) is 8.42 Å². The van der Waals surface area contributed by atoms with Crippen LogP contribution >= 0.6 is 11.6 Å². The molecule has 4 nitrogen and oxygen atoms in total. The second kappa shape index (κ2) is 6.47. The Labute approximate surface area is 130 Å². The van der Waals surface area contributed by atoms with Crippen molar-refractivity contribution >= 4 is 27.3 Å². The molecule has 0 saturated carbocycles. The molecular weight excluding hydrogens is 308 g/mol. The van der Waals surface area contributed by atoms with Gasteiger partial charge >= 0.3 is 0 Å². The van der Waals surface area contributed by atoms with E-state index in [1.54, 1.807) is 0 Å². The molecule has 2 aromatic carbocycles. The smallest absolute Gasteiger partial charge is 0.240 e. The standard InChI is InChI=1S/C15H17ClN2O2S/c1-2-11-5-3-4-6-12(11)10-18-21(19,20)13-7-8-15(17)14(16)9-13/h3-9,18H,2,10,17H2,1H3. The lowest BCUT2D eigenvalue weighted by molar-refractivity contribution is 0.581. The number of nitrogen functional groups attached to an aromatic ring is 1. The van der Waals surface area contributed by atoms with Gasteiger partial charge in [-0.3, -0.25) is 0 Å². The number of nitrogens with one attached hydrogen (secondary N) is 1. The van der Waals surface area contributed by atoms with E-state index in [1.807, 2.05) is 31.2 Å². The summed E-state index contributed by atoms with van der Waals surface area (Å²) in [5.74, 6) is 0. The van der Waals surface area contributed by atoms with Gasteiger partial charge in [0.25, 0.3) is 0 Å². The molecule has 0 saturated heterocycles. The Kier molecular flexibility index (Phi) is 4.88. The fourth-order valence-corrected chi connectivity index (χ4v) is 3.28. The van der Waals surface area contributed by atoms with Crippen molar-refractivity contribution in [2.45, 2.75) is 24.8 Å². The predicted octanol–water partition coefficient (Wildman–Crippen LogP) is 2.96. The highest BCUT2D eigenvalue weighted by molar-refractivity contribution is 7.89. The molecule has 0 bridgehead atoms. The zero-order valence-electron chi connectivity index (χ0n) is 11.6. The molecule has 0 heterocycles. The van der Waals surface area contributed by atoms with Crippen LogP contribution in [0, 0.1) is 0 Å². The number of benzene rings is 2. The molecule has 3 N–H and O–H groups in total. The first-order valence-electron chi connectivity index (χ1n) is 6.55. The lowest BCUT2D eigenvalue weighted by Gasteiger charge is -2.10. The fourth-order valence-electron chi connectivity index (χ4n) is 2.01. The molecule has 0 aliphatic heterocycles. The van der Waals surface area contributed by atoms with Gasteiger partial charge in [-0.15, -0.1) is 0 Å². The zero-order valence-corrected chi connectivity index (χ0v) is 13.2. The maximum Gasteiger partial charge on any atom is 0.240 e. The van der Waals surface area contributed by atoms with E-state index in [9.17, 15) is 8.42 Å². The van der Waals surface area contributed by atoms with Crippen LogP contribution in [0.5, 0.6) is 0 Å². The Morgan fingerprint density at radius 2 is 1.81 bits per heavy atom. The van der Waals surface area contributed by atoms with Crippen LogP contribution in [0.1, 0.15) is 18.1 Å².